The van der Waals surface area contributed by atoms with E-state index in [1.807, 2.05) is 12.1 Å². The van der Waals surface area contributed by atoms with Crippen molar-refractivity contribution >= 4 is 38.5 Å². The van der Waals surface area contributed by atoms with Crippen LogP contribution in [0.2, 0.25) is 0 Å². The quantitative estimate of drug-likeness (QED) is 0.884. The lowest BCUT2D eigenvalue weighted by Gasteiger charge is -2.09. The third-order valence-corrected chi connectivity index (χ3v) is 3.16. The van der Waals surface area contributed by atoms with E-state index in [2.05, 4.69) is 15.9 Å². The van der Waals surface area contributed by atoms with E-state index in [9.17, 15) is 9.59 Å². The molecule has 0 atom stereocenters. The average Bonchev–Trinajstić information content (AvgIpc) is 2.28. The lowest BCUT2D eigenvalue weighted by Crippen LogP contribution is -2.21. The van der Waals surface area contributed by atoms with Crippen LogP contribution in [0.25, 0.3) is 10.8 Å². The van der Waals surface area contributed by atoms with E-state index in [1.165, 1.54) is 6.07 Å². The number of fused-ring (bicyclic) bond motifs is 1. The zero-order valence-corrected chi connectivity index (χ0v) is 10.3. The summed E-state index contributed by atoms with van der Waals surface area (Å²) in [7, 11) is 0. The normalized spacial score (nSPS) is 10.4. The highest BCUT2D eigenvalue weighted by atomic mass is 79.9. The van der Waals surface area contributed by atoms with E-state index in [-0.39, 0.29) is 11.1 Å². The summed E-state index contributed by atoms with van der Waals surface area (Å²) in [6, 6.07) is 8.68. The molecule has 4 N–H and O–H groups in total. The van der Waals surface area contributed by atoms with Crippen molar-refractivity contribution in [3.63, 3.8) is 0 Å². The van der Waals surface area contributed by atoms with Gasteiger partial charge in [0, 0.05) is 4.47 Å². The van der Waals surface area contributed by atoms with Crippen molar-refractivity contribution in [2.75, 3.05) is 0 Å². The number of carbonyl (C=O) groups is 2. The molecule has 0 aliphatic heterocycles. The number of hydrogen-bond donors (Lipinski definition) is 2. The number of hydrogen-bond acceptors (Lipinski definition) is 2. The van der Waals surface area contributed by atoms with Crippen LogP contribution < -0.4 is 11.5 Å². The predicted molar refractivity (Wildman–Crippen MR) is 68.7 cm³/mol. The Bertz CT molecular complexity index is 638. The third kappa shape index (κ3) is 1.89. The lowest BCUT2D eigenvalue weighted by atomic mass is 9.98. The fourth-order valence-corrected chi connectivity index (χ4v) is 2.37. The molecule has 0 unspecified atom stereocenters. The van der Waals surface area contributed by atoms with E-state index in [0.29, 0.717) is 9.86 Å². The van der Waals surface area contributed by atoms with Crippen LogP contribution in [0.15, 0.2) is 34.8 Å². The van der Waals surface area contributed by atoms with Gasteiger partial charge in [0.05, 0.1) is 11.1 Å². The van der Waals surface area contributed by atoms with E-state index < -0.39 is 11.8 Å². The molecule has 2 aromatic carbocycles. The molecule has 0 bridgehead atoms. The molecular formula is C12H9BrN2O2. The summed E-state index contributed by atoms with van der Waals surface area (Å²) >= 11 is 3.34. The molecule has 0 aliphatic carbocycles. The Morgan fingerprint density at radius 1 is 1.00 bits per heavy atom. The van der Waals surface area contributed by atoms with Crippen LogP contribution in [0.1, 0.15) is 20.7 Å². The van der Waals surface area contributed by atoms with Gasteiger partial charge in [0.15, 0.2) is 0 Å². The smallest absolute Gasteiger partial charge is 0.250 e. The second kappa shape index (κ2) is 4.18. The maximum Gasteiger partial charge on any atom is 0.250 e. The first-order valence-electron chi connectivity index (χ1n) is 4.83. The molecule has 0 radical (unpaired) electrons. The summed E-state index contributed by atoms with van der Waals surface area (Å²) in [6.45, 7) is 0. The number of benzene rings is 2. The van der Waals surface area contributed by atoms with Gasteiger partial charge in [0.1, 0.15) is 0 Å². The predicted octanol–water partition coefficient (Wildman–Crippen LogP) is 1.80. The van der Waals surface area contributed by atoms with E-state index in [1.54, 1.807) is 12.1 Å². The second-order valence-electron chi connectivity index (χ2n) is 3.56. The van der Waals surface area contributed by atoms with Crippen LogP contribution in [0, 0.1) is 0 Å². The van der Waals surface area contributed by atoms with Crippen molar-refractivity contribution in [3.05, 3.63) is 45.9 Å². The molecule has 0 aliphatic rings. The van der Waals surface area contributed by atoms with Crippen molar-refractivity contribution in [1.29, 1.82) is 0 Å². The summed E-state index contributed by atoms with van der Waals surface area (Å²) in [5, 5.41) is 1.43. The maximum absolute atomic E-state index is 11.5. The monoisotopic (exact) mass is 292 g/mol. The number of nitrogens with two attached hydrogens (primary N) is 2. The summed E-state index contributed by atoms with van der Waals surface area (Å²) in [4.78, 5) is 22.8. The highest BCUT2D eigenvalue weighted by molar-refractivity contribution is 9.10. The maximum atomic E-state index is 11.5. The molecule has 2 rings (SSSR count). The number of rotatable bonds is 2. The van der Waals surface area contributed by atoms with Gasteiger partial charge in [-0.1, -0.05) is 40.2 Å². The van der Waals surface area contributed by atoms with E-state index in [0.717, 1.165) is 5.39 Å². The van der Waals surface area contributed by atoms with Gasteiger partial charge >= 0.3 is 0 Å². The fourth-order valence-electron chi connectivity index (χ4n) is 1.79. The number of amides is 2. The van der Waals surface area contributed by atoms with Gasteiger partial charge in [0.2, 0.25) is 11.8 Å². The van der Waals surface area contributed by atoms with Gasteiger partial charge in [0.25, 0.3) is 0 Å². The average molecular weight is 293 g/mol. The van der Waals surface area contributed by atoms with Gasteiger partial charge < -0.3 is 11.5 Å². The van der Waals surface area contributed by atoms with Crippen molar-refractivity contribution in [2.24, 2.45) is 11.5 Å². The van der Waals surface area contributed by atoms with Gasteiger partial charge in [-0.15, -0.1) is 0 Å². The molecule has 0 saturated heterocycles. The van der Waals surface area contributed by atoms with Gasteiger partial charge in [-0.2, -0.15) is 0 Å². The highest BCUT2D eigenvalue weighted by Gasteiger charge is 2.18. The lowest BCUT2D eigenvalue weighted by molar-refractivity contribution is 0.0968. The van der Waals surface area contributed by atoms with E-state index >= 15 is 0 Å². The molecule has 4 nitrogen and oxygen atoms in total. The zero-order chi connectivity index (χ0) is 12.6. The Kier molecular flexibility index (Phi) is 2.85. The first kappa shape index (κ1) is 11.6. The molecule has 0 aromatic heterocycles. The number of halogens is 1. The minimum Gasteiger partial charge on any atom is -0.366 e. The topological polar surface area (TPSA) is 86.2 Å². The molecule has 2 aromatic rings. The van der Waals surface area contributed by atoms with Crippen LogP contribution in [0.5, 0.6) is 0 Å². The first-order chi connectivity index (χ1) is 8.02. The number of carbonyl (C=O) groups excluding carboxylic acids is 2. The Morgan fingerprint density at radius 2 is 1.59 bits per heavy atom. The standard InChI is InChI=1S/C12H9BrN2O2/c13-9-5-8(11(14)16)10(12(15)17)7-4-2-1-3-6(7)9/h1-5H,(H2,14,16)(H2,15,17). The molecule has 0 heterocycles. The van der Waals surface area contributed by atoms with Gasteiger partial charge in [-0.05, 0) is 16.8 Å². The third-order valence-electron chi connectivity index (χ3n) is 2.51. The summed E-state index contributed by atoms with van der Waals surface area (Å²) in [5.74, 6) is -1.34. The van der Waals surface area contributed by atoms with Crippen molar-refractivity contribution < 1.29 is 9.59 Å². The highest BCUT2D eigenvalue weighted by Crippen LogP contribution is 2.29. The van der Waals surface area contributed by atoms with Crippen LogP contribution in [0.4, 0.5) is 0 Å². The molecule has 2 amide bonds. The van der Waals surface area contributed by atoms with Gasteiger partial charge in [-0.3, -0.25) is 9.59 Å². The Balaban J connectivity index is 2.98. The molecule has 0 spiro atoms. The Labute approximate surface area is 106 Å². The second-order valence-corrected chi connectivity index (χ2v) is 4.41. The summed E-state index contributed by atoms with van der Waals surface area (Å²) < 4.78 is 0.701. The molecular weight excluding hydrogens is 284 g/mol. The van der Waals surface area contributed by atoms with Crippen molar-refractivity contribution in [3.8, 4) is 0 Å². The van der Waals surface area contributed by atoms with Crippen molar-refractivity contribution in [1.82, 2.24) is 0 Å². The molecule has 86 valence electrons. The van der Waals surface area contributed by atoms with Crippen LogP contribution in [0.3, 0.4) is 0 Å². The Morgan fingerprint density at radius 3 is 2.12 bits per heavy atom. The first-order valence-corrected chi connectivity index (χ1v) is 5.62. The molecule has 17 heavy (non-hydrogen) atoms. The SMILES string of the molecule is NC(=O)c1cc(Br)c2ccccc2c1C(N)=O. The molecule has 5 heteroatoms. The largest absolute Gasteiger partial charge is 0.366 e. The minimum absolute atomic E-state index is 0.128. The fraction of sp³-hybridized carbons (Fsp3) is 0. The molecule has 0 fully saturated rings. The minimum atomic E-state index is -0.676. The van der Waals surface area contributed by atoms with Crippen LogP contribution in [-0.2, 0) is 0 Å². The zero-order valence-electron chi connectivity index (χ0n) is 8.74. The molecule has 0 saturated carbocycles. The number of primary amides is 2. The van der Waals surface area contributed by atoms with Gasteiger partial charge in [-0.25, -0.2) is 0 Å². The summed E-state index contributed by atoms with van der Waals surface area (Å²) in [5.41, 5.74) is 10.8. The van der Waals surface area contributed by atoms with Crippen molar-refractivity contribution in [2.45, 2.75) is 0 Å². The summed E-state index contributed by atoms with van der Waals surface area (Å²) in [6.07, 6.45) is 0. The van der Waals surface area contributed by atoms with Crippen LogP contribution in [-0.4, -0.2) is 11.8 Å². The van der Waals surface area contributed by atoms with E-state index in [4.69, 9.17) is 11.5 Å². The Hall–Kier alpha value is -1.88. The van der Waals surface area contributed by atoms with Crippen LogP contribution >= 0.6 is 15.9 Å².